The van der Waals surface area contributed by atoms with Gasteiger partial charge in [-0.3, -0.25) is 4.18 Å². The van der Waals surface area contributed by atoms with Crippen LogP contribution in [0.4, 0.5) is 0 Å². The molecule has 0 N–H and O–H groups in total. The molecule has 0 spiro atoms. The van der Waals surface area contributed by atoms with E-state index in [0.717, 1.165) is 11.8 Å². The summed E-state index contributed by atoms with van der Waals surface area (Å²) in [5.41, 5.74) is 1.07. The lowest BCUT2D eigenvalue weighted by atomic mass is 10.0. The molecule has 3 rings (SSSR count). The first-order chi connectivity index (χ1) is 11.2. The van der Waals surface area contributed by atoms with Gasteiger partial charge in [-0.25, -0.2) is 0 Å². The van der Waals surface area contributed by atoms with Crippen LogP contribution in [0.15, 0.2) is 30.3 Å². The second-order valence-corrected chi connectivity index (χ2v) is 8.48. The zero-order valence-corrected chi connectivity index (χ0v) is 15.0. The first-order valence-corrected chi connectivity index (χ1v) is 9.91. The third-order valence-electron chi connectivity index (χ3n) is 4.31. The van der Waals surface area contributed by atoms with Gasteiger partial charge in [-0.2, -0.15) is 8.42 Å². The smallest absolute Gasteiger partial charge is 0.264 e. The molecule has 134 valence electrons. The van der Waals surface area contributed by atoms with Crippen LogP contribution in [-0.2, 0) is 35.1 Å². The fourth-order valence-electron chi connectivity index (χ4n) is 3.45. The molecule has 0 unspecified atom stereocenters. The van der Waals surface area contributed by atoms with Gasteiger partial charge in [0, 0.05) is 12.3 Å². The van der Waals surface area contributed by atoms with Crippen molar-refractivity contribution in [1.82, 2.24) is 0 Å². The molecule has 1 aromatic carbocycles. The lowest BCUT2D eigenvalue weighted by Gasteiger charge is -2.26. The molecule has 0 amide bonds. The zero-order chi connectivity index (χ0) is 17.4. The van der Waals surface area contributed by atoms with Gasteiger partial charge in [0.05, 0.1) is 37.8 Å². The van der Waals surface area contributed by atoms with E-state index in [1.54, 1.807) is 0 Å². The molecule has 2 aliphatic rings. The van der Waals surface area contributed by atoms with Crippen molar-refractivity contribution in [2.24, 2.45) is 5.92 Å². The Morgan fingerprint density at radius 3 is 2.58 bits per heavy atom. The van der Waals surface area contributed by atoms with E-state index in [4.69, 9.17) is 18.4 Å². The van der Waals surface area contributed by atoms with Gasteiger partial charge in [0.25, 0.3) is 10.1 Å². The second-order valence-electron chi connectivity index (χ2n) is 6.88. The third-order valence-corrected chi connectivity index (χ3v) is 4.90. The zero-order valence-electron chi connectivity index (χ0n) is 14.2. The topological polar surface area (TPSA) is 71.1 Å². The van der Waals surface area contributed by atoms with Crippen LogP contribution >= 0.6 is 0 Å². The molecule has 1 saturated carbocycles. The van der Waals surface area contributed by atoms with Crippen molar-refractivity contribution < 1.29 is 26.8 Å². The van der Waals surface area contributed by atoms with Crippen LogP contribution in [0.2, 0.25) is 0 Å². The standard InChI is InChI=1S/C17H24O6S/c1-17(2)21-15-9-14(23-24(3,18)19)13(16(15)22-17)11-20-10-12-7-5-4-6-8-12/h4-8,13-16H,9-11H2,1-3H3/t13-,14+,15-,16+/m1/s1. The van der Waals surface area contributed by atoms with Gasteiger partial charge in [-0.1, -0.05) is 30.3 Å². The van der Waals surface area contributed by atoms with Gasteiger partial charge in [-0.05, 0) is 19.4 Å². The normalized spacial score (nSPS) is 32.0. The number of hydrogen-bond acceptors (Lipinski definition) is 6. The summed E-state index contributed by atoms with van der Waals surface area (Å²) in [6.45, 7) is 4.54. The van der Waals surface area contributed by atoms with Crippen LogP contribution in [0.1, 0.15) is 25.8 Å². The van der Waals surface area contributed by atoms with Crippen LogP contribution < -0.4 is 0 Å². The van der Waals surface area contributed by atoms with Crippen molar-refractivity contribution in [2.75, 3.05) is 12.9 Å². The van der Waals surface area contributed by atoms with E-state index in [9.17, 15) is 8.42 Å². The first kappa shape index (κ1) is 17.8. The molecule has 1 aromatic rings. The van der Waals surface area contributed by atoms with Crippen molar-refractivity contribution in [3.8, 4) is 0 Å². The average molecular weight is 356 g/mol. The maximum Gasteiger partial charge on any atom is 0.264 e. The highest BCUT2D eigenvalue weighted by atomic mass is 32.2. The van der Waals surface area contributed by atoms with E-state index < -0.39 is 22.0 Å². The fourth-order valence-corrected chi connectivity index (χ4v) is 4.12. The molecule has 2 fully saturated rings. The van der Waals surface area contributed by atoms with Gasteiger partial charge < -0.3 is 14.2 Å². The van der Waals surface area contributed by atoms with Crippen LogP contribution in [0.25, 0.3) is 0 Å². The average Bonchev–Trinajstić information content (AvgIpc) is 2.91. The Hall–Kier alpha value is -0.990. The maximum atomic E-state index is 11.5. The lowest BCUT2D eigenvalue weighted by Crippen LogP contribution is -2.35. The Bertz CT molecular complexity index is 657. The predicted molar refractivity (Wildman–Crippen MR) is 87.7 cm³/mol. The molecule has 24 heavy (non-hydrogen) atoms. The van der Waals surface area contributed by atoms with Crippen molar-refractivity contribution in [1.29, 1.82) is 0 Å². The molecular formula is C17H24O6S. The van der Waals surface area contributed by atoms with E-state index in [1.165, 1.54) is 0 Å². The minimum Gasteiger partial charge on any atom is -0.376 e. The van der Waals surface area contributed by atoms with E-state index >= 15 is 0 Å². The Morgan fingerprint density at radius 1 is 1.21 bits per heavy atom. The van der Waals surface area contributed by atoms with E-state index in [0.29, 0.717) is 19.6 Å². The Labute approximate surface area is 143 Å². The van der Waals surface area contributed by atoms with E-state index in [1.807, 2.05) is 44.2 Å². The van der Waals surface area contributed by atoms with Gasteiger partial charge in [-0.15, -0.1) is 0 Å². The molecule has 7 heteroatoms. The van der Waals surface area contributed by atoms with Gasteiger partial charge in [0.15, 0.2) is 5.79 Å². The van der Waals surface area contributed by atoms with Crippen molar-refractivity contribution >= 4 is 10.1 Å². The largest absolute Gasteiger partial charge is 0.376 e. The highest BCUT2D eigenvalue weighted by Gasteiger charge is 2.54. The van der Waals surface area contributed by atoms with Crippen LogP contribution in [0.3, 0.4) is 0 Å². The molecule has 0 bridgehead atoms. The minimum absolute atomic E-state index is 0.169. The summed E-state index contributed by atoms with van der Waals surface area (Å²) in [7, 11) is -3.54. The lowest BCUT2D eigenvalue weighted by molar-refractivity contribution is -0.166. The molecule has 6 nitrogen and oxygen atoms in total. The number of hydrogen-bond donors (Lipinski definition) is 0. The van der Waals surface area contributed by atoms with Crippen molar-refractivity contribution in [2.45, 2.75) is 51.0 Å². The van der Waals surface area contributed by atoms with Crippen molar-refractivity contribution in [3.63, 3.8) is 0 Å². The molecule has 1 heterocycles. The summed E-state index contributed by atoms with van der Waals surface area (Å²) in [6, 6.07) is 9.83. The highest BCUT2D eigenvalue weighted by molar-refractivity contribution is 7.86. The van der Waals surface area contributed by atoms with Gasteiger partial charge in [0.2, 0.25) is 0 Å². The molecular weight excluding hydrogens is 332 g/mol. The SMILES string of the molecule is CC1(C)O[C@H]2[C@H](COCc3ccccc3)[C@@H](OS(C)(=O)=O)C[C@H]2O1. The summed E-state index contributed by atoms with van der Waals surface area (Å²) in [5.74, 6) is -0.849. The monoisotopic (exact) mass is 356 g/mol. The second kappa shape index (κ2) is 6.72. The summed E-state index contributed by atoms with van der Waals surface area (Å²) in [6.07, 6.45) is 0.677. The molecule has 0 radical (unpaired) electrons. The molecule has 1 aliphatic heterocycles. The summed E-state index contributed by atoms with van der Waals surface area (Å²) in [4.78, 5) is 0. The number of fused-ring (bicyclic) bond motifs is 1. The van der Waals surface area contributed by atoms with E-state index in [-0.39, 0.29) is 18.1 Å². The maximum absolute atomic E-state index is 11.5. The summed E-state index contributed by atoms with van der Waals surface area (Å²) in [5, 5.41) is 0. The minimum atomic E-state index is -3.54. The number of rotatable bonds is 6. The Morgan fingerprint density at radius 2 is 1.92 bits per heavy atom. The van der Waals surface area contributed by atoms with E-state index in [2.05, 4.69) is 0 Å². The molecule has 0 aromatic heterocycles. The molecule has 1 aliphatic carbocycles. The quantitative estimate of drug-likeness (QED) is 0.727. The van der Waals surface area contributed by atoms with Crippen molar-refractivity contribution in [3.05, 3.63) is 35.9 Å². The third kappa shape index (κ3) is 4.34. The Balaban J connectivity index is 1.65. The van der Waals surface area contributed by atoms with Gasteiger partial charge >= 0.3 is 0 Å². The van der Waals surface area contributed by atoms with Gasteiger partial charge in [0.1, 0.15) is 0 Å². The molecule has 1 saturated heterocycles. The summed E-state index contributed by atoms with van der Waals surface area (Å²) >= 11 is 0. The Kier molecular flexibility index (Phi) is 4.99. The fraction of sp³-hybridized carbons (Fsp3) is 0.647. The molecule has 4 atom stereocenters. The van der Waals surface area contributed by atoms with Crippen LogP contribution in [0.5, 0.6) is 0 Å². The predicted octanol–water partition coefficient (Wildman–Crippen LogP) is 2.09. The number of benzene rings is 1. The highest BCUT2D eigenvalue weighted by Crippen LogP contribution is 2.43. The summed E-state index contributed by atoms with van der Waals surface area (Å²) < 4.78 is 45.9. The first-order valence-electron chi connectivity index (χ1n) is 8.09. The van der Waals surface area contributed by atoms with Crippen LogP contribution in [-0.4, -0.2) is 45.4 Å². The number of ether oxygens (including phenoxy) is 3. The van der Waals surface area contributed by atoms with Crippen LogP contribution in [0, 0.1) is 5.92 Å².